The van der Waals surface area contributed by atoms with Crippen LogP contribution in [0.2, 0.25) is 0 Å². The van der Waals surface area contributed by atoms with Crippen LogP contribution < -0.4 is 0 Å². The summed E-state index contributed by atoms with van der Waals surface area (Å²) in [5.41, 5.74) is 1.66. The van der Waals surface area contributed by atoms with E-state index in [0.717, 1.165) is 18.5 Å². The molecule has 1 aliphatic heterocycles. The maximum atomic E-state index is 12.5. The van der Waals surface area contributed by atoms with Gasteiger partial charge in [-0.05, 0) is 18.9 Å². The van der Waals surface area contributed by atoms with Crippen molar-refractivity contribution < 1.29 is 9.90 Å². The number of hydrogen-bond donors (Lipinski definition) is 1. The Bertz CT molecular complexity index is 728. The molecular formula is C18H23N3O2S. The summed E-state index contributed by atoms with van der Waals surface area (Å²) in [5.74, 6) is 0.386. The second-order valence-corrected chi connectivity index (χ2v) is 8.21. The number of pyridine rings is 1. The summed E-state index contributed by atoms with van der Waals surface area (Å²) in [6, 6.07) is 1.47. The van der Waals surface area contributed by atoms with Gasteiger partial charge >= 0.3 is 0 Å². The average molecular weight is 345 g/mol. The SMILES string of the molecule is CC(C)(C)c1csc(C2CCN(C(=O)c3cncc(O)c3)CC2)n1. The summed E-state index contributed by atoms with van der Waals surface area (Å²) >= 11 is 1.73. The number of thiazole rings is 1. The highest BCUT2D eigenvalue weighted by atomic mass is 32.1. The summed E-state index contributed by atoms with van der Waals surface area (Å²) in [6.07, 6.45) is 4.69. The quantitative estimate of drug-likeness (QED) is 0.904. The van der Waals surface area contributed by atoms with Crippen LogP contribution in [0, 0.1) is 0 Å². The van der Waals surface area contributed by atoms with E-state index in [2.05, 4.69) is 31.1 Å². The standard InChI is InChI=1S/C18H23N3O2S/c1-18(2,3)15-11-24-16(20-15)12-4-6-21(7-5-12)17(23)13-8-14(22)10-19-9-13/h8-12,22H,4-7H2,1-3H3. The van der Waals surface area contributed by atoms with E-state index in [9.17, 15) is 9.90 Å². The number of amides is 1. The Morgan fingerprint density at radius 1 is 1.29 bits per heavy atom. The van der Waals surface area contributed by atoms with Gasteiger partial charge in [-0.3, -0.25) is 9.78 Å². The van der Waals surface area contributed by atoms with Crippen molar-refractivity contribution in [2.75, 3.05) is 13.1 Å². The lowest BCUT2D eigenvalue weighted by Gasteiger charge is -2.31. The minimum Gasteiger partial charge on any atom is -0.506 e. The van der Waals surface area contributed by atoms with Crippen LogP contribution in [-0.4, -0.2) is 39.0 Å². The first-order valence-corrected chi connectivity index (χ1v) is 9.12. The predicted octanol–water partition coefficient (Wildman–Crippen LogP) is 3.56. The van der Waals surface area contributed by atoms with Gasteiger partial charge in [0.25, 0.3) is 5.91 Å². The zero-order valence-electron chi connectivity index (χ0n) is 14.3. The fourth-order valence-electron chi connectivity index (χ4n) is 2.88. The zero-order valence-corrected chi connectivity index (χ0v) is 15.1. The van der Waals surface area contributed by atoms with Gasteiger partial charge in [-0.2, -0.15) is 0 Å². The Hall–Kier alpha value is -1.95. The highest BCUT2D eigenvalue weighted by Gasteiger charge is 2.27. The van der Waals surface area contributed by atoms with Crippen LogP contribution in [0.4, 0.5) is 0 Å². The van der Waals surface area contributed by atoms with Gasteiger partial charge in [0.1, 0.15) is 5.75 Å². The van der Waals surface area contributed by atoms with Crippen molar-refractivity contribution in [3.63, 3.8) is 0 Å². The van der Waals surface area contributed by atoms with Crippen LogP contribution in [0.5, 0.6) is 5.75 Å². The van der Waals surface area contributed by atoms with E-state index >= 15 is 0 Å². The molecule has 0 saturated carbocycles. The molecule has 0 bridgehead atoms. The van der Waals surface area contributed by atoms with Gasteiger partial charge in [0.05, 0.1) is 22.5 Å². The molecule has 24 heavy (non-hydrogen) atoms. The maximum Gasteiger partial charge on any atom is 0.255 e. The largest absolute Gasteiger partial charge is 0.506 e. The molecule has 0 aromatic carbocycles. The zero-order chi connectivity index (χ0) is 17.3. The summed E-state index contributed by atoms with van der Waals surface area (Å²) in [6.45, 7) is 7.95. The number of carbonyl (C=O) groups excluding carboxylic acids is 1. The van der Waals surface area contributed by atoms with Gasteiger partial charge in [0.15, 0.2) is 0 Å². The van der Waals surface area contributed by atoms with E-state index in [0.29, 0.717) is 24.6 Å². The molecule has 2 aromatic heterocycles. The van der Waals surface area contributed by atoms with Crippen molar-refractivity contribution in [3.8, 4) is 5.75 Å². The van der Waals surface area contributed by atoms with Crippen molar-refractivity contribution in [2.45, 2.75) is 44.9 Å². The molecule has 3 rings (SSSR count). The molecule has 3 heterocycles. The number of rotatable bonds is 2. The first-order valence-electron chi connectivity index (χ1n) is 8.24. The molecular weight excluding hydrogens is 322 g/mol. The van der Waals surface area contributed by atoms with E-state index in [1.807, 2.05) is 4.90 Å². The van der Waals surface area contributed by atoms with Gasteiger partial charge < -0.3 is 10.0 Å². The Morgan fingerprint density at radius 3 is 2.58 bits per heavy atom. The van der Waals surface area contributed by atoms with E-state index in [1.165, 1.54) is 23.5 Å². The van der Waals surface area contributed by atoms with Gasteiger partial charge in [-0.1, -0.05) is 20.8 Å². The Morgan fingerprint density at radius 2 is 2.00 bits per heavy atom. The summed E-state index contributed by atoms with van der Waals surface area (Å²) in [4.78, 5) is 23.0. The number of piperidine rings is 1. The van der Waals surface area contributed by atoms with Crippen LogP contribution in [0.3, 0.4) is 0 Å². The van der Waals surface area contributed by atoms with Gasteiger partial charge in [0, 0.05) is 36.0 Å². The first-order chi connectivity index (χ1) is 11.3. The Labute approximate surface area is 146 Å². The second-order valence-electron chi connectivity index (χ2n) is 7.32. The monoisotopic (exact) mass is 345 g/mol. The lowest BCUT2D eigenvalue weighted by molar-refractivity contribution is 0.0712. The van der Waals surface area contributed by atoms with Crippen LogP contribution in [0.25, 0.3) is 0 Å². The van der Waals surface area contributed by atoms with Crippen LogP contribution >= 0.6 is 11.3 Å². The third kappa shape index (κ3) is 3.59. The smallest absolute Gasteiger partial charge is 0.255 e. The molecule has 2 aromatic rings. The highest BCUT2D eigenvalue weighted by Crippen LogP contribution is 2.33. The van der Waals surface area contributed by atoms with Crippen molar-refractivity contribution in [1.82, 2.24) is 14.9 Å². The molecule has 0 aliphatic carbocycles. The number of aromatic nitrogens is 2. The minimum atomic E-state index is -0.0635. The van der Waals surface area contributed by atoms with Crippen molar-refractivity contribution >= 4 is 17.2 Å². The molecule has 1 saturated heterocycles. The van der Waals surface area contributed by atoms with Gasteiger partial charge in [-0.15, -0.1) is 11.3 Å². The third-order valence-corrected chi connectivity index (χ3v) is 5.40. The fraction of sp³-hybridized carbons (Fsp3) is 0.500. The normalized spacial score (nSPS) is 16.4. The second kappa shape index (κ2) is 6.51. The lowest BCUT2D eigenvalue weighted by Crippen LogP contribution is -2.38. The molecule has 1 fully saturated rings. The summed E-state index contributed by atoms with van der Waals surface area (Å²) in [5, 5.41) is 12.8. The third-order valence-electron chi connectivity index (χ3n) is 4.39. The number of aromatic hydroxyl groups is 1. The topological polar surface area (TPSA) is 66.3 Å². The van der Waals surface area contributed by atoms with Gasteiger partial charge in [0.2, 0.25) is 0 Å². The van der Waals surface area contributed by atoms with Gasteiger partial charge in [-0.25, -0.2) is 4.98 Å². The minimum absolute atomic E-state index is 0.0215. The molecule has 6 heteroatoms. The average Bonchev–Trinajstić information content (AvgIpc) is 3.04. The Balaban J connectivity index is 1.63. The van der Waals surface area contributed by atoms with Crippen LogP contribution in [0.15, 0.2) is 23.8 Å². The molecule has 128 valence electrons. The summed E-state index contributed by atoms with van der Waals surface area (Å²) < 4.78 is 0. The lowest BCUT2D eigenvalue weighted by atomic mass is 9.93. The molecule has 0 unspecified atom stereocenters. The first kappa shape index (κ1) is 16.9. The molecule has 1 aliphatic rings. The highest BCUT2D eigenvalue weighted by molar-refractivity contribution is 7.09. The fourth-order valence-corrected chi connectivity index (χ4v) is 4.09. The molecule has 0 atom stereocenters. The molecule has 1 N–H and O–H groups in total. The van der Waals surface area contributed by atoms with Crippen LogP contribution in [-0.2, 0) is 5.41 Å². The van der Waals surface area contributed by atoms with Crippen molar-refractivity contribution in [3.05, 3.63) is 40.1 Å². The van der Waals surface area contributed by atoms with Crippen molar-refractivity contribution in [1.29, 1.82) is 0 Å². The molecule has 0 radical (unpaired) electrons. The molecule has 5 nitrogen and oxygen atoms in total. The molecule has 1 amide bonds. The number of hydrogen-bond acceptors (Lipinski definition) is 5. The predicted molar refractivity (Wildman–Crippen MR) is 94.6 cm³/mol. The van der Waals surface area contributed by atoms with Crippen LogP contribution in [0.1, 0.15) is 60.6 Å². The number of nitrogens with zero attached hydrogens (tertiary/aromatic N) is 3. The van der Waals surface area contributed by atoms with E-state index in [-0.39, 0.29) is 17.1 Å². The van der Waals surface area contributed by atoms with Crippen molar-refractivity contribution in [2.24, 2.45) is 0 Å². The Kier molecular flexibility index (Phi) is 4.58. The van der Waals surface area contributed by atoms with E-state index < -0.39 is 0 Å². The summed E-state index contributed by atoms with van der Waals surface area (Å²) in [7, 11) is 0. The maximum absolute atomic E-state index is 12.5. The van der Waals surface area contributed by atoms with E-state index in [1.54, 1.807) is 11.3 Å². The number of likely N-dealkylation sites (tertiary alicyclic amines) is 1. The molecule has 0 spiro atoms. The van der Waals surface area contributed by atoms with E-state index in [4.69, 9.17) is 4.98 Å². The number of carbonyl (C=O) groups is 1.